The van der Waals surface area contributed by atoms with Crippen LogP contribution in [0.15, 0.2) is 35.5 Å². The third kappa shape index (κ3) is 2.64. The van der Waals surface area contributed by atoms with Crippen LogP contribution in [0.3, 0.4) is 0 Å². The molecular weight excluding hydrogens is 306 g/mol. The van der Waals surface area contributed by atoms with Crippen molar-refractivity contribution in [1.29, 1.82) is 0 Å². The Bertz CT molecular complexity index is 749. The number of ether oxygens (including phenoxy) is 1. The first-order valence-corrected chi connectivity index (χ1v) is 8.14. The van der Waals surface area contributed by atoms with Crippen molar-refractivity contribution in [2.24, 2.45) is 11.8 Å². The van der Waals surface area contributed by atoms with Gasteiger partial charge in [0.2, 0.25) is 5.91 Å². The number of nitrogens with one attached hydrogen (secondary N) is 1. The van der Waals surface area contributed by atoms with Crippen molar-refractivity contribution < 1.29 is 19.1 Å². The molecule has 3 rings (SSSR count). The van der Waals surface area contributed by atoms with Crippen LogP contribution in [0.1, 0.15) is 36.8 Å². The summed E-state index contributed by atoms with van der Waals surface area (Å²) in [7, 11) is 1.30. The number of allylic oxidation sites excluding steroid dienone is 2. The minimum absolute atomic E-state index is 0.0847. The van der Waals surface area contributed by atoms with Gasteiger partial charge in [0, 0.05) is 23.6 Å². The Morgan fingerprint density at radius 3 is 2.58 bits per heavy atom. The van der Waals surface area contributed by atoms with Gasteiger partial charge in [0.05, 0.1) is 7.11 Å². The molecule has 126 valence electrons. The Balaban J connectivity index is 2.10. The van der Waals surface area contributed by atoms with E-state index in [9.17, 15) is 14.4 Å². The Kier molecular flexibility index (Phi) is 4.26. The van der Waals surface area contributed by atoms with E-state index in [1.807, 2.05) is 38.1 Å². The van der Waals surface area contributed by atoms with Gasteiger partial charge in [0.25, 0.3) is 0 Å². The van der Waals surface area contributed by atoms with Crippen LogP contribution in [-0.4, -0.2) is 24.8 Å². The van der Waals surface area contributed by atoms with E-state index in [4.69, 9.17) is 4.74 Å². The number of amides is 1. The van der Waals surface area contributed by atoms with Gasteiger partial charge in [0.1, 0.15) is 5.92 Å². The molecule has 0 bridgehead atoms. The molecule has 1 aliphatic heterocycles. The fraction of sp³-hybridized carbons (Fsp3) is 0.421. The van der Waals surface area contributed by atoms with E-state index >= 15 is 0 Å². The molecule has 0 fully saturated rings. The van der Waals surface area contributed by atoms with Crippen LogP contribution in [-0.2, 0) is 19.1 Å². The Morgan fingerprint density at radius 1 is 1.21 bits per heavy atom. The molecule has 1 amide bonds. The lowest BCUT2D eigenvalue weighted by atomic mass is 9.70. The van der Waals surface area contributed by atoms with E-state index in [-0.39, 0.29) is 29.9 Å². The first-order valence-electron chi connectivity index (χ1n) is 8.14. The van der Waals surface area contributed by atoms with E-state index in [0.29, 0.717) is 17.7 Å². The number of carbonyl (C=O) groups is 3. The third-order valence-corrected chi connectivity index (χ3v) is 5.02. The number of methoxy groups -OCH3 is 1. The van der Waals surface area contributed by atoms with Gasteiger partial charge >= 0.3 is 5.97 Å². The maximum Gasteiger partial charge on any atom is 0.316 e. The summed E-state index contributed by atoms with van der Waals surface area (Å²) in [5, 5.41) is 2.84. The van der Waals surface area contributed by atoms with E-state index in [0.717, 1.165) is 11.1 Å². The van der Waals surface area contributed by atoms with Gasteiger partial charge < -0.3 is 10.1 Å². The second-order valence-electron chi connectivity index (χ2n) is 6.60. The summed E-state index contributed by atoms with van der Waals surface area (Å²) >= 11 is 0. The number of benzene rings is 1. The van der Waals surface area contributed by atoms with Crippen molar-refractivity contribution in [1.82, 2.24) is 5.32 Å². The summed E-state index contributed by atoms with van der Waals surface area (Å²) in [6.45, 7) is 3.81. The van der Waals surface area contributed by atoms with Gasteiger partial charge in [-0.1, -0.05) is 31.2 Å². The van der Waals surface area contributed by atoms with Gasteiger partial charge in [-0.15, -0.1) is 0 Å². The highest BCUT2D eigenvalue weighted by molar-refractivity contribution is 6.11. The summed E-state index contributed by atoms with van der Waals surface area (Å²) in [6.07, 6.45) is 0.715. The number of hydrogen-bond acceptors (Lipinski definition) is 4. The molecule has 1 aromatic rings. The lowest BCUT2D eigenvalue weighted by Gasteiger charge is -2.36. The quantitative estimate of drug-likeness (QED) is 0.668. The van der Waals surface area contributed by atoms with Gasteiger partial charge in [-0.3, -0.25) is 14.4 Å². The van der Waals surface area contributed by atoms with Crippen LogP contribution in [0.25, 0.3) is 0 Å². The van der Waals surface area contributed by atoms with Gasteiger partial charge in [0.15, 0.2) is 5.78 Å². The summed E-state index contributed by atoms with van der Waals surface area (Å²) in [5.41, 5.74) is 3.23. The number of rotatable bonds is 2. The van der Waals surface area contributed by atoms with Crippen LogP contribution in [0, 0.1) is 18.8 Å². The van der Waals surface area contributed by atoms with Gasteiger partial charge in [-0.2, -0.15) is 0 Å². The molecule has 5 nitrogen and oxygen atoms in total. The third-order valence-electron chi connectivity index (χ3n) is 5.02. The molecule has 1 N–H and O–H groups in total. The van der Waals surface area contributed by atoms with Crippen molar-refractivity contribution >= 4 is 17.7 Å². The fourth-order valence-electron chi connectivity index (χ4n) is 3.84. The number of ketones is 1. The monoisotopic (exact) mass is 327 g/mol. The van der Waals surface area contributed by atoms with Crippen molar-refractivity contribution in [2.75, 3.05) is 7.11 Å². The molecule has 24 heavy (non-hydrogen) atoms. The highest BCUT2D eigenvalue weighted by Crippen LogP contribution is 2.42. The summed E-state index contributed by atoms with van der Waals surface area (Å²) in [5.74, 6) is -2.10. The van der Waals surface area contributed by atoms with Crippen LogP contribution in [0.4, 0.5) is 0 Å². The number of Topliss-reactive ketones (excluding diaryl/α,β-unsaturated/α-hetero) is 1. The molecule has 0 unspecified atom stereocenters. The molecule has 0 radical (unpaired) electrons. The summed E-state index contributed by atoms with van der Waals surface area (Å²) in [6, 6.07) is 7.75. The summed E-state index contributed by atoms with van der Waals surface area (Å²) in [4.78, 5) is 37.3. The maximum absolute atomic E-state index is 13.1. The van der Waals surface area contributed by atoms with Gasteiger partial charge in [-0.05, 0) is 30.4 Å². The average Bonchev–Trinajstić information content (AvgIpc) is 2.53. The largest absolute Gasteiger partial charge is 0.468 e. The molecule has 2 aliphatic rings. The molecule has 0 saturated carbocycles. The fourth-order valence-corrected chi connectivity index (χ4v) is 3.84. The predicted molar refractivity (Wildman–Crippen MR) is 88.0 cm³/mol. The zero-order chi connectivity index (χ0) is 17.4. The molecule has 1 aromatic carbocycles. The zero-order valence-corrected chi connectivity index (χ0v) is 14.1. The molecule has 0 aromatic heterocycles. The average molecular weight is 327 g/mol. The zero-order valence-electron chi connectivity index (χ0n) is 14.1. The highest BCUT2D eigenvalue weighted by Gasteiger charge is 2.45. The molecular formula is C19H21NO4. The SMILES string of the molecule is COC(=O)[C@@H]1C(=O)C2=C(C[C@H]1C)NC(=O)C[C@@H]2c1ccccc1C. The van der Waals surface area contributed by atoms with Crippen molar-refractivity contribution in [3.63, 3.8) is 0 Å². The minimum Gasteiger partial charge on any atom is -0.468 e. The summed E-state index contributed by atoms with van der Waals surface area (Å²) < 4.78 is 4.83. The predicted octanol–water partition coefficient (Wildman–Crippen LogP) is 2.25. The number of esters is 1. The van der Waals surface area contributed by atoms with Crippen LogP contribution in [0.5, 0.6) is 0 Å². The second-order valence-corrected chi connectivity index (χ2v) is 6.60. The Labute approximate surface area is 141 Å². The topological polar surface area (TPSA) is 72.5 Å². The number of hydrogen-bond donors (Lipinski definition) is 1. The lowest BCUT2D eigenvalue weighted by molar-refractivity contribution is -0.151. The minimum atomic E-state index is -0.796. The Hall–Kier alpha value is -2.43. The van der Waals surface area contributed by atoms with Crippen molar-refractivity contribution in [2.45, 2.75) is 32.6 Å². The van der Waals surface area contributed by atoms with Crippen molar-refractivity contribution in [3.05, 3.63) is 46.7 Å². The van der Waals surface area contributed by atoms with Crippen LogP contribution in [0.2, 0.25) is 0 Å². The molecule has 3 atom stereocenters. The lowest BCUT2D eigenvalue weighted by Crippen LogP contribution is -2.44. The molecule has 1 aliphatic carbocycles. The number of aryl methyl sites for hydroxylation is 1. The van der Waals surface area contributed by atoms with E-state index in [2.05, 4.69) is 5.32 Å². The smallest absolute Gasteiger partial charge is 0.316 e. The standard InChI is InChI=1S/C19H21NO4/c1-10-6-4-5-7-12(10)13-9-15(21)20-14-8-11(2)16(19(23)24-3)18(22)17(13)14/h4-7,11,13,16H,8-9H2,1-3H3,(H,20,21)/t11-,13-,16+/m1/s1. The van der Waals surface area contributed by atoms with Gasteiger partial charge in [-0.25, -0.2) is 0 Å². The normalized spacial score (nSPS) is 26.7. The number of carbonyl (C=O) groups excluding carboxylic acids is 3. The van der Waals surface area contributed by atoms with Crippen LogP contribution >= 0.6 is 0 Å². The molecule has 0 saturated heterocycles. The second kappa shape index (κ2) is 6.23. The van der Waals surface area contributed by atoms with Crippen LogP contribution < -0.4 is 5.32 Å². The molecule has 5 heteroatoms. The first kappa shape index (κ1) is 16.4. The molecule has 1 heterocycles. The highest BCUT2D eigenvalue weighted by atomic mass is 16.5. The Morgan fingerprint density at radius 2 is 1.92 bits per heavy atom. The van der Waals surface area contributed by atoms with E-state index in [1.54, 1.807) is 0 Å². The first-order chi connectivity index (χ1) is 11.4. The maximum atomic E-state index is 13.1. The van der Waals surface area contributed by atoms with E-state index < -0.39 is 11.9 Å². The van der Waals surface area contributed by atoms with E-state index in [1.165, 1.54) is 7.11 Å². The van der Waals surface area contributed by atoms with Crippen molar-refractivity contribution in [3.8, 4) is 0 Å². The molecule has 0 spiro atoms.